The molecule has 0 unspecified atom stereocenters. The van der Waals surface area contributed by atoms with Gasteiger partial charge < -0.3 is 15.0 Å². The first kappa shape index (κ1) is 19.2. The Balaban J connectivity index is 2.12. The van der Waals surface area contributed by atoms with Crippen LogP contribution in [0.1, 0.15) is 45.6 Å². The molecule has 0 radical (unpaired) electrons. The summed E-state index contributed by atoms with van der Waals surface area (Å²) in [6.07, 6.45) is 0.410. The molecule has 0 saturated carbocycles. The molecule has 6 heteroatoms. The van der Waals surface area contributed by atoms with Crippen LogP contribution in [0.25, 0.3) is 0 Å². The van der Waals surface area contributed by atoms with Crippen molar-refractivity contribution in [3.63, 3.8) is 0 Å². The molecule has 2 rings (SSSR count). The van der Waals surface area contributed by atoms with Crippen LogP contribution >= 0.6 is 0 Å². The molecule has 1 saturated heterocycles. The van der Waals surface area contributed by atoms with E-state index in [0.29, 0.717) is 19.6 Å². The van der Waals surface area contributed by atoms with Gasteiger partial charge in [0.1, 0.15) is 11.4 Å². The number of piperidine rings is 1. The van der Waals surface area contributed by atoms with Gasteiger partial charge in [0, 0.05) is 32.5 Å². The number of hydrogen-bond acceptors (Lipinski definition) is 3. The lowest BCUT2D eigenvalue weighted by Gasteiger charge is -2.39. The largest absolute Gasteiger partial charge is 0.444 e. The lowest BCUT2D eigenvalue weighted by atomic mass is 9.80. The number of likely N-dealkylation sites (tertiary alicyclic amines) is 1. The molecular weight excluding hydrogens is 323 g/mol. The van der Waals surface area contributed by atoms with Crippen LogP contribution in [0, 0.1) is 11.7 Å². The van der Waals surface area contributed by atoms with E-state index >= 15 is 0 Å². The highest BCUT2D eigenvalue weighted by molar-refractivity contribution is 5.72. The minimum Gasteiger partial charge on any atom is -0.444 e. The summed E-state index contributed by atoms with van der Waals surface area (Å²) in [5.41, 5.74) is 0.485. The van der Waals surface area contributed by atoms with Gasteiger partial charge in [-0.05, 0) is 50.8 Å². The van der Waals surface area contributed by atoms with Crippen molar-refractivity contribution in [1.29, 1.82) is 0 Å². The Kier molecular flexibility index (Phi) is 6.03. The van der Waals surface area contributed by atoms with Gasteiger partial charge in [0.15, 0.2) is 0 Å². The first-order valence-corrected chi connectivity index (χ1v) is 8.63. The average molecular weight is 350 g/mol. The van der Waals surface area contributed by atoms with E-state index in [4.69, 9.17) is 4.74 Å². The van der Waals surface area contributed by atoms with E-state index in [2.05, 4.69) is 5.32 Å². The molecule has 1 aromatic carbocycles. The fourth-order valence-corrected chi connectivity index (χ4v) is 3.15. The van der Waals surface area contributed by atoms with E-state index in [1.54, 1.807) is 17.0 Å². The molecule has 1 heterocycles. The van der Waals surface area contributed by atoms with Crippen LogP contribution < -0.4 is 5.32 Å². The summed E-state index contributed by atoms with van der Waals surface area (Å²) in [7, 11) is 0. The Morgan fingerprint density at radius 3 is 2.48 bits per heavy atom. The number of halogens is 1. The lowest BCUT2D eigenvalue weighted by Crippen LogP contribution is -2.48. The lowest BCUT2D eigenvalue weighted by molar-refractivity contribution is -0.119. The van der Waals surface area contributed by atoms with E-state index in [0.717, 1.165) is 12.0 Å². The number of nitrogens with zero attached hydrogens (tertiary/aromatic N) is 1. The van der Waals surface area contributed by atoms with Crippen LogP contribution in [0.3, 0.4) is 0 Å². The highest BCUT2D eigenvalue weighted by Crippen LogP contribution is 2.33. The number of amides is 2. The third-order valence-electron chi connectivity index (χ3n) is 4.30. The molecule has 2 amide bonds. The van der Waals surface area contributed by atoms with Gasteiger partial charge in [-0.3, -0.25) is 4.79 Å². The monoisotopic (exact) mass is 350 g/mol. The summed E-state index contributed by atoms with van der Waals surface area (Å²) in [5.74, 6) is -0.164. The van der Waals surface area contributed by atoms with Gasteiger partial charge in [0.2, 0.25) is 5.91 Å². The predicted molar refractivity (Wildman–Crippen MR) is 93.7 cm³/mol. The van der Waals surface area contributed by atoms with Crippen molar-refractivity contribution in [2.45, 2.75) is 45.6 Å². The third kappa shape index (κ3) is 5.73. The maximum absolute atomic E-state index is 13.2. The minimum absolute atomic E-state index is 0.0515. The molecule has 138 valence electrons. The summed E-state index contributed by atoms with van der Waals surface area (Å²) in [4.78, 5) is 25.4. The molecule has 0 spiro atoms. The second kappa shape index (κ2) is 7.85. The van der Waals surface area contributed by atoms with Gasteiger partial charge in [-0.15, -0.1) is 0 Å². The van der Waals surface area contributed by atoms with Crippen LogP contribution in [0.5, 0.6) is 0 Å². The maximum atomic E-state index is 13.2. The van der Waals surface area contributed by atoms with Crippen molar-refractivity contribution in [2.24, 2.45) is 5.92 Å². The van der Waals surface area contributed by atoms with Crippen molar-refractivity contribution in [1.82, 2.24) is 10.2 Å². The smallest absolute Gasteiger partial charge is 0.410 e. The quantitative estimate of drug-likeness (QED) is 0.910. The molecular formula is C19H27FN2O3. The predicted octanol–water partition coefficient (Wildman–Crippen LogP) is 3.30. The molecule has 1 fully saturated rings. The van der Waals surface area contributed by atoms with E-state index in [9.17, 15) is 14.0 Å². The fourth-order valence-electron chi connectivity index (χ4n) is 3.15. The highest BCUT2D eigenvalue weighted by Gasteiger charge is 2.34. The molecule has 0 aromatic heterocycles. The number of carbonyl (C=O) groups excluding carboxylic acids is 2. The number of carbonyl (C=O) groups is 2. The van der Waals surface area contributed by atoms with E-state index < -0.39 is 5.60 Å². The SMILES string of the molecule is CC(=O)NC[C@@H]1CN(C(=O)OC(C)(C)C)CC[C@@H]1c1ccc(F)cc1. The summed E-state index contributed by atoms with van der Waals surface area (Å²) >= 11 is 0. The van der Waals surface area contributed by atoms with Gasteiger partial charge in [0.25, 0.3) is 0 Å². The van der Waals surface area contributed by atoms with Crippen LogP contribution in [-0.4, -0.2) is 42.1 Å². The Bertz CT molecular complexity index is 610. The summed E-state index contributed by atoms with van der Waals surface area (Å²) in [5, 5.41) is 2.84. The Labute approximate surface area is 148 Å². The van der Waals surface area contributed by atoms with Gasteiger partial charge in [-0.25, -0.2) is 9.18 Å². The normalized spacial score (nSPS) is 20.9. The zero-order chi connectivity index (χ0) is 18.6. The van der Waals surface area contributed by atoms with Gasteiger partial charge in [-0.2, -0.15) is 0 Å². The zero-order valence-electron chi connectivity index (χ0n) is 15.3. The summed E-state index contributed by atoms with van der Waals surface area (Å²) in [6, 6.07) is 6.46. The van der Waals surface area contributed by atoms with Gasteiger partial charge in [0.05, 0.1) is 0 Å². The highest BCUT2D eigenvalue weighted by atomic mass is 19.1. The number of hydrogen-bond donors (Lipinski definition) is 1. The molecule has 25 heavy (non-hydrogen) atoms. The number of nitrogens with one attached hydrogen (secondary N) is 1. The first-order valence-electron chi connectivity index (χ1n) is 8.63. The molecule has 1 N–H and O–H groups in total. The topological polar surface area (TPSA) is 58.6 Å². The van der Waals surface area contributed by atoms with Crippen molar-refractivity contribution in [3.8, 4) is 0 Å². The molecule has 0 aliphatic carbocycles. The van der Waals surface area contributed by atoms with Crippen molar-refractivity contribution in [3.05, 3.63) is 35.6 Å². The van der Waals surface area contributed by atoms with Crippen LogP contribution in [0.15, 0.2) is 24.3 Å². The van der Waals surface area contributed by atoms with Crippen LogP contribution in [-0.2, 0) is 9.53 Å². The molecule has 5 nitrogen and oxygen atoms in total. The Morgan fingerprint density at radius 1 is 1.28 bits per heavy atom. The number of ether oxygens (including phenoxy) is 1. The second-order valence-electron chi connectivity index (χ2n) is 7.57. The van der Waals surface area contributed by atoms with E-state index in [1.165, 1.54) is 19.1 Å². The second-order valence-corrected chi connectivity index (χ2v) is 7.57. The van der Waals surface area contributed by atoms with Crippen LogP contribution in [0.4, 0.5) is 9.18 Å². The minimum atomic E-state index is -0.544. The first-order chi connectivity index (χ1) is 11.7. The van der Waals surface area contributed by atoms with Crippen molar-refractivity contribution >= 4 is 12.0 Å². The zero-order valence-corrected chi connectivity index (χ0v) is 15.3. The Morgan fingerprint density at radius 2 is 1.92 bits per heavy atom. The standard InChI is InChI=1S/C19H27FN2O3/c1-13(23)21-11-15-12-22(18(24)25-19(2,3)4)10-9-17(15)14-5-7-16(20)8-6-14/h5-8,15,17H,9-12H2,1-4H3,(H,21,23)/t15-,17-/m1/s1. The number of rotatable bonds is 3. The maximum Gasteiger partial charge on any atom is 0.410 e. The van der Waals surface area contributed by atoms with E-state index in [1.807, 2.05) is 20.8 Å². The van der Waals surface area contributed by atoms with Gasteiger partial charge in [-0.1, -0.05) is 12.1 Å². The fraction of sp³-hybridized carbons (Fsp3) is 0.579. The molecule has 2 atom stereocenters. The number of benzene rings is 1. The molecule has 1 aromatic rings. The van der Waals surface area contributed by atoms with E-state index in [-0.39, 0.29) is 29.7 Å². The molecule has 1 aliphatic heterocycles. The van der Waals surface area contributed by atoms with Crippen molar-refractivity contribution in [2.75, 3.05) is 19.6 Å². The Hall–Kier alpha value is -2.11. The van der Waals surface area contributed by atoms with Gasteiger partial charge >= 0.3 is 6.09 Å². The van der Waals surface area contributed by atoms with Crippen molar-refractivity contribution < 1.29 is 18.7 Å². The molecule has 1 aliphatic rings. The summed E-state index contributed by atoms with van der Waals surface area (Å²) in [6.45, 7) is 8.53. The van der Waals surface area contributed by atoms with Crippen LogP contribution in [0.2, 0.25) is 0 Å². The molecule has 0 bridgehead atoms. The third-order valence-corrected chi connectivity index (χ3v) is 4.30. The summed E-state index contributed by atoms with van der Waals surface area (Å²) < 4.78 is 18.7. The average Bonchev–Trinajstić information content (AvgIpc) is 2.52.